The summed E-state index contributed by atoms with van der Waals surface area (Å²) in [6, 6.07) is 7.56. The minimum atomic E-state index is -0.0239. The van der Waals surface area contributed by atoms with Gasteiger partial charge in [-0.05, 0) is 39.3 Å². The van der Waals surface area contributed by atoms with Gasteiger partial charge in [0.2, 0.25) is 0 Å². The van der Waals surface area contributed by atoms with Crippen LogP contribution in [0.25, 0.3) is 0 Å². The summed E-state index contributed by atoms with van der Waals surface area (Å²) in [5, 5.41) is 0. The second kappa shape index (κ2) is 5.87. The van der Waals surface area contributed by atoms with Crippen molar-refractivity contribution in [3.8, 4) is 5.75 Å². The molecule has 0 amide bonds. The molecule has 0 aliphatic rings. The zero-order valence-corrected chi connectivity index (χ0v) is 12.3. The van der Waals surface area contributed by atoms with E-state index in [1.165, 1.54) is 0 Å². The lowest BCUT2D eigenvalue weighted by Gasteiger charge is -2.10. The summed E-state index contributed by atoms with van der Waals surface area (Å²) in [5.74, 6) is 0.597. The van der Waals surface area contributed by atoms with Gasteiger partial charge in [-0.2, -0.15) is 0 Å². The number of hydrogen-bond donors (Lipinski definition) is 0. The maximum atomic E-state index is 12.5. The second-order valence-electron chi connectivity index (χ2n) is 5.22. The predicted octanol–water partition coefficient (Wildman–Crippen LogP) is 3.72. The molecule has 1 aromatic carbocycles. The van der Waals surface area contributed by atoms with E-state index in [2.05, 4.69) is 4.98 Å². The number of aryl methyl sites for hydroxylation is 2. The molecule has 2 aromatic rings. The highest BCUT2D eigenvalue weighted by molar-refractivity contribution is 6.09. The van der Waals surface area contributed by atoms with Crippen molar-refractivity contribution in [1.29, 1.82) is 0 Å². The molecule has 104 valence electrons. The summed E-state index contributed by atoms with van der Waals surface area (Å²) in [6.45, 7) is 7.85. The maximum Gasteiger partial charge on any atom is 0.194 e. The molecule has 0 saturated heterocycles. The zero-order chi connectivity index (χ0) is 14.7. The largest absolute Gasteiger partial charge is 0.489 e. The fourth-order valence-corrected chi connectivity index (χ4v) is 2.10. The van der Waals surface area contributed by atoms with Gasteiger partial charge in [-0.1, -0.05) is 23.8 Å². The van der Waals surface area contributed by atoms with E-state index in [1.54, 1.807) is 18.5 Å². The Balaban J connectivity index is 2.33. The van der Waals surface area contributed by atoms with Crippen LogP contribution in [0, 0.1) is 13.8 Å². The van der Waals surface area contributed by atoms with E-state index in [0.717, 1.165) is 11.1 Å². The lowest BCUT2D eigenvalue weighted by atomic mass is 9.98. The molecule has 0 N–H and O–H groups in total. The summed E-state index contributed by atoms with van der Waals surface area (Å²) < 4.78 is 5.58. The molecule has 0 unspecified atom stereocenters. The molecule has 2 rings (SSSR count). The van der Waals surface area contributed by atoms with Crippen molar-refractivity contribution in [2.24, 2.45) is 0 Å². The zero-order valence-electron chi connectivity index (χ0n) is 12.3. The van der Waals surface area contributed by atoms with Crippen LogP contribution in [0.3, 0.4) is 0 Å². The van der Waals surface area contributed by atoms with Gasteiger partial charge in [0.15, 0.2) is 5.78 Å². The van der Waals surface area contributed by atoms with E-state index in [9.17, 15) is 4.79 Å². The van der Waals surface area contributed by atoms with Crippen molar-refractivity contribution in [3.63, 3.8) is 0 Å². The first-order chi connectivity index (χ1) is 9.47. The topological polar surface area (TPSA) is 39.2 Å². The fraction of sp³-hybridized carbons (Fsp3) is 0.294. The van der Waals surface area contributed by atoms with Crippen LogP contribution in [0.2, 0.25) is 0 Å². The standard InChI is InChI=1S/C17H19NO2/c1-11(2)20-15-8-14(9-18-10-15)17(19)16-6-5-12(3)7-13(16)4/h5-11H,1-4H3. The van der Waals surface area contributed by atoms with Crippen molar-refractivity contribution in [1.82, 2.24) is 4.98 Å². The Hall–Kier alpha value is -2.16. The Morgan fingerprint density at radius 3 is 2.55 bits per heavy atom. The number of aromatic nitrogens is 1. The third kappa shape index (κ3) is 3.23. The molecular weight excluding hydrogens is 250 g/mol. The van der Waals surface area contributed by atoms with Gasteiger partial charge in [-0.3, -0.25) is 9.78 Å². The fourth-order valence-electron chi connectivity index (χ4n) is 2.10. The summed E-state index contributed by atoms with van der Waals surface area (Å²) in [6.07, 6.45) is 3.26. The van der Waals surface area contributed by atoms with Crippen molar-refractivity contribution >= 4 is 5.78 Å². The van der Waals surface area contributed by atoms with Crippen LogP contribution >= 0.6 is 0 Å². The summed E-state index contributed by atoms with van der Waals surface area (Å²) in [7, 11) is 0. The molecule has 0 bridgehead atoms. The number of hydrogen-bond acceptors (Lipinski definition) is 3. The van der Waals surface area contributed by atoms with E-state index >= 15 is 0 Å². The highest BCUT2D eigenvalue weighted by Crippen LogP contribution is 2.19. The minimum absolute atomic E-state index is 0.0239. The van der Waals surface area contributed by atoms with Gasteiger partial charge >= 0.3 is 0 Å². The monoisotopic (exact) mass is 269 g/mol. The highest BCUT2D eigenvalue weighted by Gasteiger charge is 2.13. The first-order valence-electron chi connectivity index (χ1n) is 6.71. The van der Waals surface area contributed by atoms with Crippen LogP contribution in [0.15, 0.2) is 36.7 Å². The third-order valence-corrected chi connectivity index (χ3v) is 2.97. The normalized spacial score (nSPS) is 10.7. The lowest BCUT2D eigenvalue weighted by molar-refractivity contribution is 0.103. The van der Waals surface area contributed by atoms with Gasteiger partial charge in [0.25, 0.3) is 0 Å². The smallest absolute Gasteiger partial charge is 0.194 e. The molecule has 3 nitrogen and oxygen atoms in total. The Labute approximate surface area is 119 Å². The summed E-state index contributed by atoms with van der Waals surface area (Å²) in [4.78, 5) is 16.6. The first-order valence-corrected chi connectivity index (χ1v) is 6.71. The van der Waals surface area contributed by atoms with Crippen molar-refractivity contribution in [2.75, 3.05) is 0 Å². The molecule has 1 heterocycles. The van der Waals surface area contributed by atoms with Crippen LogP contribution in [0.4, 0.5) is 0 Å². The number of ketones is 1. The van der Waals surface area contributed by atoms with Gasteiger partial charge in [0, 0.05) is 17.3 Å². The average molecular weight is 269 g/mol. The van der Waals surface area contributed by atoms with Crippen molar-refractivity contribution in [2.45, 2.75) is 33.8 Å². The van der Waals surface area contributed by atoms with Crippen LogP contribution < -0.4 is 4.74 Å². The average Bonchev–Trinajstić information content (AvgIpc) is 2.37. The molecule has 0 fully saturated rings. The minimum Gasteiger partial charge on any atom is -0.489 e. The van der Waals surface area contributed by atoms with Crippen LogP contribution in [0.5, 0.6) is 5.75 Å². The third-order valence-electron chi connectivity index (χ3n) is 2.97. The molecule has 0 spiro atoms. The lowest BCUT2D eigenvalue weighted by Crippen LogP contribution is -2.08. The van der Waals surface area contributed by atoms with Gasteiger partial charge < -0.3 is 4.74 Å². The van der Waals surface area contributed by atoms with E-state index in [0.29, 0.717) is 16.9 Å². The second-order valence-corrected chi connectivity index (χ2v) is 5.22. The SMILES string of the molecule is Cc1ccc(C(=O)c2cncc(OC(C)C)c2)c(C)c1. The quantitative estimate of drug-likeness (QED) is 0.794. The van der Waals surface area contributed by atoms with Crippen molar-refractivity contribution in [3.05, 3.63) is 58.9 Å². The molecule has 0 aliphatic carbocycles. The van der Waals surface area contributed by atoms with Gasteiger partial charge in [-0.15, -0.1) is 0 Å². The maximum absolute atomic E-state index is 12.5. The van der Waals surface area contributed by atoms with Crippen LogP contribution in [0.1, 0.15) is 40.9 Å². The molecule has 0 aliphatic heterocycles. The number of pyridine rings is 1. The van der Waals surface area contributed by atoms with E-state index in [-0.39, 0.29) is 11.9 Å². The van der Waals surface area contributed by atoms with E-state index in [1.807, 2.05) is 45.9 Å². The highest BCUT2D eigenvalue weighted by atomic mass is 16.5. The number of ether oxygens (including phenoxy) is 1. The molecule has 3 heteroatoms. The Morgan fingerprint density at radius 2 is 1.90 bits per heavy atom. The molecular formula is C17H19NO2. The molecule has 0 atom stereocenters. The number of rotatable bonds is 4. The van der Waals surface area contributed by atoms with Crippen LogP contribution in [-0.2, 0) is 0 Å². The number of benzene rings is 1. The predicted molar refractivity (Wildman–Crippen MR) is 79.3 cm³/mol. The number of carbonyl (C=O) groups is 1. The van der Waals surface area contributed by atoms with Crippen molar-refractivity contribution < 1.29 is 9.53 Å². The molecule has 20 heavy (non-hydrogen) atoms. The van der Waals surface area contributed by atoms with E-state index < -0.39 is 0 Å². The summed E-state index contributed by atoms with van der Waals surface area (Å²) >= 11 is 0. The molecule has 1 aromatic heterocycles. The van der Waals surface area contributed by atoms with Gasteiger partial charge in [-0.25, -0.2) is 0 Å². The Morgan fingerprint density at radius 1 is 1.15 bits per heavy atom. The Bertz CT molecular complexity index is 633. The first kappa shape index (κ1) is 14.3. The van der Waals surface area contributed by atoms with E-state index in [4.69, 9.17) is 4.74 Å². The summed E-state index contributed by atoms with van der Waals surface area (Å²) in [5.41, 5.74) is 3.38. The molecule has 0 radical (unpaired) electrons. The Kier molecular flexibility index (Phi) is 4.18. The number of nitrogens with zero attached hydrogens (tertiary/aromatic N) is 1. The van der Waals surface area contributed by atoms with Crippen LogP contribution in [-0.4, -0.2) is 16.9 Å². The number of carbonyl (C=O) groups excluding carboxylic acids is 1. The molecule has 0 saturated carbocycles. The van der Waals surface area contributed by atoms with Gasteiger partial charge in [0.05, 0.1) is 12.3 Å². The van der Waals surface area contributed by atoms with Gasteiger partial charge in [0.1, 0.15) is 5.75 Å².